The first-order valence-electron chi connectivity index (χ1n) is 9.99. The molecule has 2 aromatic rings. The first-order valence-corrected chi connectivity index (χ1v) is 9.99. The van der Waals surface area contributed by atoms with E-state index in [0.717, 1.165) is 37.8 Å². The van der Waals surface area contributed by atoms with Crippen molar-refractivity contribution < 1.29 is 0 Å². The van der Waals surface area contributed by atoms with Crippen molar-refractivity contribution in [2.45, 2.75) is 26.7 Å². The summed E-state index contributed by atoms with van der Waals surface area (Å²) in [4.78, 5) is 2.54. The Morgan fingerprint density at radius 1 is 1.00 bits per heavy atom. The topological polar surface area (TPSA) is 15.3 Å². The SMILES string of the molecule is C=C(CN1CCC(CNC(=C)c2ccccc2C)CC1)c1ccc(C)cc1. The second kappa shape index (κ2) is 9.05. The third kappa shape index (κ3) is 5.33. The van der Waals surface area contributed by atoms with E-state index in [-0.39, 0.29) is 0 Å². The summed E-state index contributed by atoms with van der Waals surface area (Å²) in [6.45, 7) is 17.1. The summed E-state index contributed by atoms with van der Waals surface area (Å²) in [5, 5.41) is 3.57. The molecule has 0 unspecified atom stereocenters. The average molecular weight is 361 g/mol. The zero-order valence-corrected chi connectivity index (χ0v) is 16.8. The second-order valence-corrected chi connectivity index (χ2v) is 7.86. The zero-order valence-electron chi connectivity index (χ0n) is 16.8. The first kappa shape index (κ1) is 19.4. The molecule has 0 atom stereocenters. The van der Waals surface area contributed by atoms with E-state index in [1.807, 2.05) is 0 Å². The molecule has 0 aliphatic carbocycles. The summed E-state index contributed by atoms with van der Waals surface area (Å²) in [6.07, 6.45) is 2.46. The molecule has 0 amide bonds. The van der Waals surface area contributed by atoms with E-state index in [1.54, 1.807) is 0 Å². The maximum Gasteiger partial charge on any atom is 0.0343 e. The smallest absolute Gasteiger partial charge is 0.0343 e. The molecular weight excluding hydrogens is 328 g/mol. The van der Waals surface area contributed by atoms with E-state index in [2.05, 4.69) is 85.8 Å². The summed E-state index contributed by atoms with van der Waals surface area (Å²) in [5.41, 5.74) is 7.33. The number of likely N-dealkylation sites (tertiary alicyclic amines) is 1. The quantitative estimate of drug-likeness (QED) is 0.722. The number of piperidine rings is 1. The van der Waals surface area contributed by atoms with Gasteiger partial charge >= 0.3 is 0 Å². The van der Waals surface area contributed by atoms with Crippen LogP contribution in [0.5, 0.6) is 0 Å². The minimum Gasteiger partial charge on any atom is -0.385 e. The van der Waals surface area contributed by atoms with E-state index in [9.17, 15) is 0 Å². The molecule has 1 saturated heterocycles. The van der Waals surface area contributed by atoms with E-state index in [4.69, 9.17) is 0 Å². The van der Waals surface area contributed by atoms with Crippen molar-refractivity contribution in [3.63, 3.8) is 0 Å². The van der Waals surface area contributed by atoms with Crippen molar-refractivity contribution in [3.8, 4) is 0 Å². The minimum atomic E-state index is 0.717. The van der Waals surface area contributed by atoms with Crippen LogP contribution < -0.4 is 5.32 Å². The van der Waals surface area contributed by atoms with Crippen molar-refractivity contribution in [2.24, 2.45) is 5.92 Å². The molecule has 1 aliphatic heterocycles. The lowest BCUT2D eigenvalue weighted by Crippen LogP contribution is -2.37. The maximum atomic E-state index is 4.30. The third-order valence-corrected chi connectivity index (χ3v) is 5.66. The van der Waals surface area contributed by atoms with E-state index in [1.165, 1.54) is 40.7 Å². The number of hydrogen-bond acceptors (Lipinski definition) is 2. The lowest BCUT2D eigenvalue weighted by molar-refractivity contribution is 0.204. The number of aryl methyl sites for hydroxylation is 2. The van der Waals surface area contributed by atoms with Crippen molar-refractivity contribution in [2.75, 3.05) is 26.2 Å². The minimum absolute atomic E-state index is 0.717. The molecule has 1 aliphatic rings. The molecule has 2 nitrogen and oxygen atoms in total. The van der Waals surface area contributed by atoms with Crippen LogP contribution in [-0.4, -0.2) is 31.1 Å². The molecule has 0 spiro atoms. The molecule has 1 N–H and O–H groups in total. The van der Waals surface area contributed by atoms with Gasteiger partial charge in [-0.15, -0.1) is 0 Å². The average Bonchev–Trinajstić information content (AvgIpc) is 2.68. The highest BCUT2D eigenvalue weighted by Crippen LogP contribution is 2.22. The zero-order chi connectivity index (χ0) is 19.2. The summed E-state index contributed by atoms with van der Waals surface area (Å²) in [6, 6.07) is 17.1. The van der Waals surface area contributed by atoms with E-state index in [0.29, 0.717) is 0 Å². The molecule has 142 valence electrons. The fourth-order valence-electron chi connectivity index (χ4n) is 3.77. The van der Waals surface area contributed by atoms with E-state index < -0.39 is 0 Å². The molecule has 2 heteroatoms. The molecule has 27 heavy (non-hydrogen) atoms. The fraction of sp³-hybridized carbons (Fsp3) is 0.360. The molecule has 0 radical (unpaired) electrons. The molecule has 0 bridgehead atoms. The van der Waals surface area contributed by atoms with Gasteiger partial charge in [-0.2, -0.15) is 0 Å². The van der Waals surface area contributed by atoms with Gasteiger partial charge in [0.2, 0.25) is 0 Å². The summed E-state index contributed by atoms with van der Waals surface area (Å²) in [5.74, 6) is 0.717. The molecular formula is C25H32N2. The van der Waals surface area contributed by atoms with Gasteiger partial charge in [0, 0.05) is 18.8 Å². The molecule has 1 heterocycles. The van der Waals surface area contributed by atoms with Gasteiger partial charge in [-0.3, -0.25) is 4.90 Å². The van der Waals surface area contributed by atoms with E-state index >= 15 is 0 Å². The lowest BCUT2D eigenvalue weighted by Gasteiger charge is -2.33. The van der Waals surface area contributed by atoms with Gasteiger partial charge < -0.3 is 5.32 Å². The van der Waals surface area contributed by atoms with Crippen LogP contribution in [0, 0.1) is 19.8 Å². The van der Waals surface area contributed by atoms with Crippen LogP contribution in [0.2, 0.25) is 0 Å². The highest BCUT2D eigenvalue weighted by Gasteiger charge is 2.20. The number of hydrogen-bond donors (Lipinski definition) is 1. The predicted molar refractivity (Wildman–Crippen MR) is 118 cm³/mol. The van der Waals surface area contributed by atoms with Crippen molar-refractivity contribution in [1.82, 2.24) is 10.2 Å². The Labute approximate surface area is 164 Å². The van der Waals surface area contributed by atoms with Gasteiger partial charge in [-0.05, 0) is 68.0 Å². The second-order valence-electron chi connectivity index (χ2n) is 7.86. The van der Waals surface area contributed by atoms with Crippen LogP contribution in [0.3, 0.4) is 0 Å². The van der Waals surface area contributed by atoms with Crippen LogP contribution in [0.4, 0.5) is 0 Å². The van der Waals surface area contributed by atoms with Crippen LogP contribution >= 0.6 is 0 Å². The Balaban J connectivity index is 1.42. The summed E-state index contributed by atoms with van der Waals surface area (Å²) >= 11 is 0. The van der Waals surface area contributed by atoms with Crippen LogP contribution in [-0.2, 0) is 0 Å². The Morgan fingerprint density at radius 3 is 2.33 bits per heavy atom. The van der Waals surface area contributed by atoms with Gasteiger partial charge in [-0.1, -0.05) is 67.3 Å². The summed E-state index contributed by atoms with van der Waals surface area (Å²) in [7, 11) is 0. The van der Waals surface area contributed by atoms with Gasteiger partial charge in [0.25, 0.3) is 0 Å². The fourth-order valence-corrected chi connectivity index (χ4v) is 3.77. The van der Waals surface area contributed by atoms with Crippen molar-refractivity contribution in [1.29, 1.82) is 0 Å². The Hall–Kier alpha value is -2.32. The van der Waals surface area contributed by atoms with Gasteiger partial charge in [-0.25, -0.2) is 0 Å². The van der Waals surface area contributed by atoms with Gasteiger partial charge in [0.05, 0.1) is 0 Å². The van der Waals surface area contributed by atoms with Crippen molar-refractivity contribution >= 4 is 11.3 Å². The number of benzene rings is 2. The molecule has 0 saturated carbocycles. The first-order chi connectivity index (χ1) is 13.0. The lowest BCUT2D eigenvalue weighted by atomic mass is 9.95. The molecule has 1 fully saturated rings. The van der Waals surface area contributed by atoms with Crippen LogP contribution in [0.25, 0.3) is 11.3 Å². The van der Waals surface area contributed by atoms with Crippen molar-refractivity contribution in [3.05, 3.63) is 83.9 Å². The van der Waals surface area contributed by atoms with Gasteiger partial charge in [0.1, 0.15) is 0 Å². The number of rotatable bonds is 7. The van der Waals surface area contributed by atoms with Crippen LogP contribution in [0.1, 0.15) is 35.1 Å². The third-order valence-electron chi connectivity index (χ3n) is 5.66. The number of nitrogens with one attached hydrogen (secondary N) is 1. The highest BCUT2D eigenvalue weighted by molar-refractivity contribution is 5.65. The highest BCUT2D eigenvalue weighted by atomic mass is 15.1. The molecule has 0 aromatic heterocycles. The van der Waals surface area contributed by atoms with Crippen LogP contribution in [0.15, 0.2) is 61.7 Å². The predicted octanol–water partition coefficient (Wildman–Crippen LogP) is 5.29. The molecule has 2 aromatic carbocycles. The standard InChI is InChI=1S/C25H32N2/c1-19-9-11-24(12-10-19)21(3)18-27-15-13-23(14-16-27)17-26-22(4)25-8-6-5-7-20(25)2/h5-12,23,26H,3-4,13-18H2,1-2H3. The monoisotopic (exact) mass is 360 g/mol. The Kier molecular flexibility index (Phi) is 6.52. The summed E-state index contributed by atoms with van der Waals surface area (Å²) < 4.78 is 0. The largest absolute Gasteiger partial charge is 0.385 e. The number of nitrogens with zero attached hydrogens (tertiary/aromatic N) is 1. The molecule has 3 rings (SSSR count). The van der Waals surface area contributed by atoms with Gasteiger partial charge in [0.15, 0.2) is 0 Å². The Morgan fingerprint density at radius 2 is 1.67 bits per heavy atom. The normalized spacial score (nSPS) is 15.5. The maximum absolute atomic E-state index is 4.30. The Bertz CT molecular complexity index is 780.